The first-order valence-corrected chi connectivity index (χ1v) is 6.86. The van der Waals surface area contributed by atoms with Gasteiger partial charge in [0.2, 0.25) is 0 Å². The molecule has 0 heterocycles. The van der Waals surface area contributed by atoms with Crippen LogP contribution in [-0.4, -0.2) is 26.2 Å². The van der Waals surface area contributed by atoms with Crippen LogP contribution < -0.4 is 0 Å². The van der Waals surface area contributed by atoms with Crippen LogP contribution in [0.1, 0.15) is 32.6 Å². The third-order valence-electron chi connectivity index (χ3n) is 1.81. The van der Waals surface area contributed by atoms with Crippen molar-refractivity contribution in [1.29, 1.82) is 0 Å². The van der Waals surface area contributed by atoms with Crippen LogP contribution in [0.4, 0.5) is 0 Å². The highest BCUT2D eigenvalue weighted by Crippen LogP contribution is 2.48. The standard InChI is InChI=1S/C9H19O6P/c1-4-5-6-7-9(10)8-16(11,14-12-2)15-13-3/h4-8H2,1-3H3. The zero-order valence-electron chi connectivity index (χ0n) is 9.93. The van der Waals surface area contributed by atoms with E-state index >= 15 is 0 Å². The van der Waals surface area contributed by atoms with E-state index in [4.69, 9.17) is 0 Å². The summed E-state index contributed by atoms with van der Waals surface area (Å²) < 4.78 is 20.6. The fourth-order valence-electron chi connectivity index (χ4n) is 1.16. The second-order valence-corrected chi connectivity index (χ2v) is 5.08. The SMILES string of the molecule is CCCCCC(=O)CP(=O)(OOC)OOC. The number of carbonyl (C=O) groups excluding carboxylic acids is 1. The third kappa shape index (κ3) is 7.09. The maximum Gasteiger partial charge on any atom is 0.391 e. The summed E-state index contributed by atoms with van der Waals surface area (Å²) in [6, 6.07) is 0. The van der Waals surface area contributed by atoms with Crippen LogP contribution in [0.25, 0.3) is 0 Å². The molecular weight excluding hydrogens is 235 g/mol. The molecule has 6 nitrogen and oxygen atoms in total. The Bertz CT molecular complexity index is 232. The van der Waals surface area contributed by atoms with E-state index in [1.165, 1.54) is 14.2 Å². The van der Waals surface area contributed by atoms with Gasteiger partial charge in [0.05, 0.1) is 14.2 Å². The highest BCUT2D eigenvalue weighted by Gasteiger charge is 2.30. The Kier molecular flexibility index (Phi) is 8.70. The van der Waals surface area contributed by atoms with Crippen molar-refractivity contribution in [2.75, 3.05) is 20.4 Å². The average molecular weight is 254 g/mol. The Labute approximate surface area is 95.6 Å². The number of hydrogen-bond acceptors (Lipinski definition) is 6. The van der Waals surface area contributed by atoms with Crippen molar-refractivity contribution in [2.45, 2.75) is 32.6 Å². The monoisotopic (exact) mass is 254 g/mol. The normalized spacial score (nSPS) is 11.7. The van der Waals surface area contributed by atoms with E-state index in [-0.39, 0.29) is 11.9 Å². The molecule has 0 aliphatic carbocycles. The summed E-state index contributed by atoms with van der Waals surface area (Å²) in [5.41, 5.74) is 0. The fraction of sp³-hybridized carbons (Fsp3) is 0.889. The number of ketones is 1. The first kappa shape index (κ1) is 15.7. The van der Waals surface area contributed by atoms with Gasteiger partial charge in [0.15, 0.2) is 0 Å². The Balaban J connectivity index is 4.07. The van der Waals surface area contributed by atoms with Gasteiger partial charge < -0.3 is 0 Å². The Morgan fingerprint density at radius 2 is 1.69 bits per heavy atom. The molecular formula is C9H19O6P. The van der Waals surface area contributed by atoms with Gasteiger partial charge in [0, 0.05) is 6.42 Å². The lowest BCUT2D eigenvalue weighted by Gasteiger charge is -2.12. The maximum atomic E-state index is 11.7. The van der Waals surface area contributed by atoms with Gasteiger partial charge in [-0.3, -0.25) is 9.36 Å². The molecule has 0 aromatic rings. The number of hydrogen-bond donors (Lipinski definition) is 0. The summed E-state index contributed by atoms with van der Waals surface area (Å²) in [6.45, 7) is 2.04. The van der Waals surface area contributed by atoms with Gasteiger partial charge in [-0.15, -0.1) is 9.35 Å². The Morgan fingerprint density at radius 3 is 2.12 bits per heavy atom. The molecule has 0 amide bonds. The summed E-state index contributed by atoms with van der Waals surface area (Å²) in [6.07, 6.45) is 2.78. The van der Waals surface area contributed by atoms with E-state index in [1.54, 1.807) is 0 Å². The van der Waals surface area contributed by atoms with Crippen LogP contribution in [0.15, 0.2) is 0 Å². The molecule has 0 atom stereocenters. The van der Waals surface area contributed by atoms with E-state index in [1.807, 2.05) is 6.92 Å². The predicted molar refractivity (Wildman–Crippen MR) is 57.8 cm³/mol. The zero-order valence-corrected chi connectivity index (χ0v) is 10.8. The second kappa shape index (κ2) is 8.84. The van der Waals surface area contributed by atoms with Crippen molar-refractivity contribution in [3.63, 3.8) is 0 Å². The van der Waals surface area contributed by atoms with Crippen LogP contribution in [-0.2, 0) is 28.5 Å². The van der Waals surface area contributed by atoms with Gasteiger partial charge in [-0.2, -0.15) is 0 Å². The molecule has 0 saturated heterocycles. The quantitative estimate of drug-likeness (QED) is 0.258. The summed E-state index contributed by atoms with van der Waals surface area (Å²) in [5.74, 6) is -0.189. The lowest BCUT2D eigenvalue weighted by atomic mass is 10.2. The molecule has 0 bridgehead atoms. The molecule has 0 unspecified atom stereocenters. The van der Waals surface area contributed by atoms with Crippen molar-refractivity contribution in [2.24, 2.45) is 0 Å². The molecule has 96 valence electrons. The lowest BCUT2D eigenvalue weighted by Crippen LogP contribution is -2.09. The third-order valence-corrected chi connectivity index (χ3v) is 3.30. The fourth-order valence-corrected chi connectivity index (χ4v) is 2.33. The smallest absolute Gasteiger partial charge is 0.299 e. The molecule has 0 aliphatic heterocycles. The Hall–Kier alpha value is -0.260. The van der Waals surface area contributed by atoms with Gasteiger partial charge in [-0.05, 0) is 6.42 Å². The van der Waals surface area contributed by atoms with Crippen molar-refractivity contribution < 1.29 is 28.5 Å². The van der Waals surface area contributed by atoms with E-state index in [9.17, 15) is 9.36 Å². The largest absolute Gasteiger partial charge is 0.391 e. The number of unbranched alkanes of at least 4 members (excludes halogenated alkanes) is 2. The average Bonchev–Trinajstić information content (AvgIpc) is 2.18. The summed E-state index contributed by atoms with van der Waals surface area (Å²) in [4.78, 5) is 20.0. The lowest BCUT2D eigenvalue weighted by molar-refractivity contribution is -0.241. The van der Waals surface area contributed by atoms with Crippen molar-refractivity contribution in [1.82, 2.24) is 0 Å². The highest BCUT2D eigenvalue weighted by molar-refractivity contribution is 7.54. The molecule has 0 saturated carbocycles. The molecule has 0 aliphatic rings. The van der Waals surface area contributed by atoms with Gasteiger partial charge >= 0.3 is 7.60 Å². The van der Waals surface area contributed by atoms with Gasteiger partial charge in [-0.1, -0.05) is 19.8 Å². The maximum absolute atomic E-state index is 11.7. The highest BCUT2D eigenvalue weighted by atomic mass is 31.2. The van der Waals surface area contributed by atoms with Crippen molar-refractivity contribution in [3.8, 4) is 0 Å². The summed E-state index contributed by atoms with van der Waals surface area (Å²) >= 11 is 0. The summed E-state index contributed by atoms with van der Waals surface area (Å²) in [5, 5.41) is 0. The predicted octanol–water partition coefficient (Wildman–Crippen LogP) is 2.48. The van der Waals surface area contributed by atoms with Crippen molar-refractivity contribution >= 4 is 13.4 Å². The first-order valence-electron chi connectivity index (χ1n) is 5.13. The molecule has 0 spiro atoms. The van der Waals surface area contributed by atoms with Gasteiger partial charge in [-0.25, -0.2) is 9.78 Å². The first-order chi connectivity index (χ1) is 7.58. The minimum Gasteiger partial charge on any atom is -0.299 e. The number of Topliss-reactive ketones (excluding diaryl/α,β-unsaturated/α-hetero) is 1. The van der Waals surface area contributed by atoms with Crippen LogP contribution in [0, 0.1) is 0 Å². The zero-order chi connectivity index (χ0) is 12.4. The van der Waals surface area contributed by atoms with Gasteiger partial charge in [0.1, 0.15) is 11.9 Å². The Morgan fingerprint density at radius 1 is 1.12 bits per heavy atom. The minimum atomic E-state index is -3.62. The molecule has 0 aromatic carbocycles. The second-order valence-electron chi connectivity index (χ2n) is 3.25. The van der Waals surface area contributed by atoms with Crippen molar-refractivity contribution in [3.05, 3.63) is 0 Å². The molecule has 0 radical (unpaired) electrons. The minimum absolute atomic E-state index is 0.189. The molecule has 0 N–H and O–H groups in total. The topological polar surface area (TPSA) is 71.1 Å². The molecule has 16 heavy (non-hydrogen) atoms. The van der Waals surface area contributed by atoms with Crippen LogP contribution in [0.3, 0.4) is 0 Å². The van der Waals surface area contributed by atoms with Crippen LogP contribution in [0.2, 0.25) is 0 Å². The van der Waals surface area contributed by atoms with E-state index < -0.39 is 7.60 Å². The van der Waals surface area contributed by atoms with Crippen LogP contribution in [0.5, 0.6) is 0 Å². The molecule has 0 fully saturated rings. The summed E-state index contributed by atoms with van der Waals surface area (Å²) in [7, 11) is -1.24. The molecule has 7 heteroatoms. The number of carbonyl (C=O) groups is 1. The molecule has 0 rings (SSSR count). The van der Waals surface area contributed by atoms with E-state index in [2.05, 4.69) is 19.1 Å². The van der Waals surface area contributed by atoms with Gasteiger partial charge in [0.25, 0.3) is 0 Å². The molecule has 0 aromatic heterocycles. The van der Waals surface area contributed by atoms with E-state index in [0.717, 1.165) is 19.3 Å². The number of rotatable bonds is 10. The van der Waals surface area contributed by atoms with E-state index in [0.29, 0.717) is 6.42 Å². The van der Waals surface area contributed by atoms with Crippen LogP contribution >= 0.6 is 7.60 Å².